The van der Waals surface area contributed by atoms with Crippen LogP contribution in [-0.4, -0.2) is 17.0 Å². The lowest BCUT2D eigenvalue weighted by Gasteiger charge is -2.27. The number of hydrogen-bond acceptors (Lipinski definition) is 3. The lowest BCUT2D eigenvalue weighted by Crippen LogP contribution is -2.39. The van der Waals surface area contributed by atoms with Crippen molar-refractivity contribution in [2.45, 2.75) is 32.2 Å². The molecule has 2 N–H and O–H groups in total. The normalized spacial score (nSPS) is 23.6. The molecule has 2 atom stereocenters. The van der Waals surface area contributed by atoms with Gasteiger partial charge in [0.25, 0.3) is 0 Å². The summed E-state index contributed by atoms with van der Waals surface area (Å²) in [5, 5.41) is 11.9. The third-order valence-corrected chi connectivity index (χ3v) is 3.47. The van der Waals surface area contributed by atoms with E-state index in [1.807, 2.05) is 0 Å². The molecule has 1 fully saturated rings. The van der Waals surface area contributed by atoms with Crippen LogP contribution in [0.15, 0.2) is 23.0 Å². The summed E-state index contributed by atoms with van der Waals surface area (Å²) in [5.41, 5.74) is 0.881. The maximum Gasteiger partial charge on any atom is 0.307 e. The first-order chi connectivity index (χ1) is 8.68. The van der Waals surface area contributed by atoms with Gasteiger partial charge in [0.05, 0.1) is 24.4 Å². The number of aliphatic carboxylic acids is 1. The molecule has 1 amide bonds. The Kier molecular flexibility index (Phi) is 4.02. The van der Waals surface area contributed by atoms with Crippen molar-refractivity contribution in [1.82, 2.24) is 5.32 Å². The highest BCUT2D eigenvalue weighted by Gasteiger charge is 2.35. The lowest BCUT2D eigenvalue weighted by molar-refractivity contribution is -0.148. The Balaban J connectivity index is 1.92. The van der Waals surface area contributed by atoms with Crippen molar-refractivity contribution in [3.63, 3.8) is 0 Å². The standard InChI is InChI=1S/C13H17NO4/c15-12(14-7-9-5-6-18-8-9)10-3-1-2-4-11(10)13(16)17/h5-6,8,10-11H,1-4,7H2,(H,14,15)(H,16,17). The van der Waals surface area contributed by atoms with Gasteiger partial charge in [0, 0.05) is 12.1 Å². The summed E-state index contributed by atoms with van der Waals surface area (Å²) >= 11 is 0. The monoisotopic (exact) mass is 251 g/mol. The van der Waals surface area contributed by atoms with Gasteiger partial charge in [-0.15, -0.1) is 0 Å². The Hall–Kier alpha value is -1.78. The number of carbonyl (C=O) groups is 2. The van der Waals surface area contributed by atoms with E-state index in [2.05, 4.69) is 5.32 Å². The first kappa shape index (κ1) is 12.7. The lowest BCUT2D eigenvalue weighted by atomic mass is 9.78. The molecular formula is C13H17NO4. The Morgan fingerprint density at radius 2 is 2.06 bits per heavy atom. The second kappa shape index (κ2) is 5.71. The summed E-state index contributed by atoms with van der Waals surface area (Å²) in [6.07, 6.45) is 6.18. The fraction of sp³-hybridized carbons (Fsp3) is 0.538. The van der Waals surface area contributed by atoms with Crippen LogP contribution in [0.1, 0.15) is 31.2 Å². The molecule has 1 aliphatic rings. The number of rotatable bonds is 4. The van der Waals surface area contributed by atoms with Crippen LogP contribution in [-0.2, 0) is 16.1 Å². The van der Waals surface area contributed by atoms with E-state index < -0.39 is 17.8 Å². The molecule has 5 heteroatoms. The van der Waals surface area contributed by atoms with Crippen molar-refractivity contribution in [2.75, 3.05) is 0 Å². The average Bonchev–Trinajstić information content (AvgIpc) is 2.89. The molecule has 0 aromatic carbocycles. The smallest absolute Gasteiger partial charge is 0.307 e. The number of furan rings is 1. The van der Waals surface area contributed by atoms with Crippen molar-refractivity contribution >= 4 is 11.9 Å². The summed E-state index contributed by atoms with van der Waals surface area (Å²) in [7, 11) is 0. The Morgan fingerprint density at radius 1 is 1.33 bits per heavy atom. The van der Waals surface area contributed by atoms with E-state index in [1.165, 1.54) is 0 Å². The molecule has 2 rings (SSSR count). The maximum atomic E-state index is 12.0. The fourth-order valence-corrected chi connectivity index (χ4v) is 2.45. The van der Waals surface area contributed by atoms with Gasteiger partial charge >= 0.3 is 5.97 Å². The van der Waals surface area contributed by atoms with Crippen molar-refractivity contribution < 1.29 is 19.1 Å². The van der Waals surface area contributed by atoms with Crippen LogP contribution in [0.3, 0.4) is 0 Å². The van der Waals surface area contributed by atoms with E-state index in [0.29, 0.717) is 19.4 Å². The third kappa shape index (κ3) is 2.91. The average molecular weight is 251 g/mol. The SMILES string of the molecule is O=C(O)C1CCCCC1C(=O)NCc1ccoc1. The van der Waals surface area contributed by atoms with Gasteiger partial charge in [-0.25, -0.2) is 0 Å². The molecule has 0 spiro atoms. The molecule has 2 unspecified atom stereocenters. The Morgan fingerprint density at radius 3 is 2.67 bits per heavy atom. The number of carboxylic acids is 1. The molecule has 1 saturated carbocycles. The molecule has 18 heavy (non-hydrogen) atoms. The van der Waals surface area contributed by atoms with Crippen LogP contribution in [0.5, 0.6) is 0 Å². The van der Waals surface area contributed by atoms with E-state index in [4.69, 9.17) is 9.52 Å². The van der Waals surface area contributed by atoms with E-state index in [9.17, 15) is 9.59 Å². The van der Waals surface area contributed by atoms with E-state index >= 15 is 0 Å². The largest absolute Gasteiger partial charge is 0.481 e. The number of nitrogens with one attached hydrogen (secondary N) is 1. The van der Waals surface area contributed by atoms with Crippen LogP contribution < -0.4 is 5.32 Å². The molecular weight excluding hydrogens is 234 g/mol. The van der Waals surface area contributed by atoms with Gasteiger partial charge in [0.15, 0.2) is 0 Å². The molecule has 98 valence electrons. The van der Waals surface area contributed by atoms with E-state index in [0.717, 1.165) is 18.4 Å². The van der Waals surface area contributed by atoms with Gasteiger partial charge in [0.2, 0.25) is 5.91 Å². The third-order valence-electron chi connectivity index (χ3n) is 3.47. The Bertz CT molecular complexity index is 413. The van der Waals surface area contributed by atoms with Crippen molar-refractivity contribution in [3.8, 4) is 0 Å². The van der Waals surface area contributed by atoms with E-state index in [-0.39, 0.29) is 5.91 Å². The summed E-state index contributed by atoms with van der Waals surface area (Å²) < 4.78 is 4.91. The molecule has 1 aromatic heterocycles. The van der Waals surface area contributed by atoms with Crippen molar-refractivity contribution in [3.05, 3.63) is 24.2 Å². The quantitative estimate of drug-likeness (QED) is 0.855. The summed E-state index contributed by atoms with van der Waals surface area (Å²) in [6, 6.07) is 1.77. The molecule has 0 saturated heterocycles. The molecule has 1 aromatic rings. The highest BCUT2D eigenvalue weighted by atomic mass is 16.4. The first-order valence-electron chi connectivity index (χ1n) is 6.20. The minimum absolute atomic E-state index is 0.164. The summed E-state index contributed by atoms with van der Waals surface area (Å²) in [5.74, 6) is -1.97. The van der Waals surface area contributed by atoms with Gasteiger partial charge in [-0.05, 0) is 18.9 Å². The summed E-state index contributed by atoms with van der Waals surface area (Å²) in [4.78, 5) is 23.1. The summed E-state index contributed by atoms with van der Waals surface area (Å²) in [6.45, 7) is 0.387. The highest BCUT2D eigenvalue weighted by Crippen LogP contribution is 2.30. The minimum Gasteiger partial charge on any atom is -0.481 e. The highest BCUT2D eigenvalue weighted by molar-refractivity contribution is 5.84. The molecule has 0 radical (unpaired) electrons. The number of hydrogen-bond donors (Lipinski definition) is 2. The topological polar surface area (TPSA) is 79.5 Å². The van der Waals surface area contributed by atoms with Crippen LogP contribution >= 0.6 is 0 Å². The van der Waals surface area contributed by atoms with Crippen molar-refractivity contribution in [1.29, 1.82) is 0 Å². The molecule has 1 heterocycles. The molecule has 5 nitrogen and oxygen atoms in total. The van der Waals surface area contributed by atoms with Crippen LogP contribution in [0.25, 0.3) is 0 Å². The van der Waals surface area contributed by atoms with Gasteiger partial charge in [-0.1, -0.05) is 12.8 Å². The number of amides is 1. The predicted molar refractivity (Wildman–Crippen MR) is 63.6 cm³/mol. The van der Waals surface area contributed by atoms with E-state index in [1.54, 1.807) is 18.6 Å². The molecule has 0 aliphatic heterocycles. The van der Waals surface area contributed by atoms with Crippen LogP contribution in [0.2, 0.25) is 0 Å². The zero-order chi connectivity index (χ0) is 13.0. The fourth-order valence-electron chi connectivity index (χ4n) is 2.45. The second-order valence-corrected chi connectivity index (χ2v) is 4.69. The Labute approximate surface area is 105 Å². The van der Waals surface area contributed by atoms with Gasteiger partial charge in [-0.2, -0.15) is 0 Å². The first-order valence-corrected chi connectivity index (χ1v) is 6.20. The zero-order valence-electron chi connectivity index (χ0n) is 10.1. The van der Waals surface area contributed by atoms with Gasteiger partial charge in [0.1, 0.15) is 0 Å². The molecule has 1 aliphatic carbocycles. The number of carbonyl (C=O) groups excluding carboxylic acids is 1. The van der Waals surface area contributed by atoms with Gasteiger partial charge in [-0.3, -0.25) is 9.59 Å². The second-order valence-electron chi connectivity index (χ2n) is 4.69. The minimum atomic E-state index is -0.863. The van der Waals surface area contributed by atoms with Crippen LogP contribution in [0.4, 0.5) is 0 Å². The maximum absolute atomic E-state index is 12.0. The van der Waals surface area contributed by atoms with Crippen LogP contribution in [0, 0.1) is 11.8 Å². The predicted octanol–water partition coefficient (Wildman–Crippen LogP) is 1.79. The number of carboxylic acid groups (broad SMARTS) is 1. The van der Waals surface area contributed by atoms with Gasteiger partial charge < -0.3 is 14.8 Å². The van der Waals surface area contributed by atoms with Crippen molar-refractivity contribution in [2.24, 2.45) is 11.8 Å². The zero-order valence-corrected chi connectivity index (χ0v) is 10.1. The molecule has 0 bridgehead atoms.